The lowest BCUT2D eigenvalue weighted by atomic mass is 10.2. The summed E-state index contributed by atoms with van der Waals surface area (Å²) >= 11 is 0. The lowest BCUT2D eigenvalue weighted by molar-refractivity contribution is 0.255. The third-order valence-electron chi connectivity index (χ3n) is 5.43. The molecule has 1 heterocycles. The van der Waals surface area contributed by atoms with E-state index in [0.717, 1.165) is 56.9 Å². The van der Waals surface area contributed by atoms with Crippen LogP contribution in [0, 0.1) is 12.7 Å². The zero-order valence-corrected chi connectivity index (χ0v) is 19.1. The highest BCUT2D eigenvalue weighted by atomic mass is 32.2. The topological polar surface area (TPSA) is 61.9 Å². The second-order valence-electron chi connectivity index (χ2n) is 7.81. The highest BCUT2D eigenvalue weighted by Gasteiger charge is 2.19. The largest absolute Gasteiger partial charge is 0.493 e. The highest BCUT2D eigenvalue weighted by Crippen LogP contribution is 2.22. The van der Waals surface area contributed by atoms with Crippen molar-refractivity contribution in [1.82, 2.24) is 9.62 Å². The Balaban J connectivity index is 1.42. The van der Waals surface area contributed by atoms with Crippen LogP contribution >= 0.6 is 0 Å². The van der Waals surface area contributed by atoms with Crippen molar-refractivity contribution in [3.8, 4) is 5.75 Å². The van der Waals surface area contributed by atoms with Crippen molar-refractivity contribution in [3.05, 3.63) is 53.8 Å². The first-order chi connectivity index (χ1) is 14.9. The van der Waals surface area contributed by atoms with Gasteiger partial charge in [-0.05, 0) is 62.2 Å². The van der Waals surface area contributed by atoms with Gasteiger partial charge in [-0.1, -0.05) is 19.1 Å². The minimum atomic E-state index is -3.55. The summed E-state index contributed by atoms with van der Waals surface area (Å²) in [5, 5.41) is 0. The molecule has 8 heteroatoms. The monoisotopic (exact) mass is 449 g/mol. The summed E-state index contributed by atoms with van der Waals surface area (Å²) in [5.41, 5.74) is 1.46. The zero-order chi connectivity index (χ0) is 22.3. The summed E-state index contributed by atoms with van der Waals surface area (Å²) in [5.74, 6) is 0.529. The fourth-order valence-electron chi connectivity index (χ4n) is 3.68. The van der Waals surface area contributed by atoms with Gasteiger partial charge in [-0.15, -0.1) is 0 Å². The molecule has 0 unspecified atom stereocenters. The summed E-state index contributed by atoms with van der Waals surface area (Å²) in [6, 6.07) is 11.8. The van der Waals surface area contributed by atoms with E-state index in [1.807, 2.05) is 26.0 Å². The van der Waals surface area contributed by atoms with Crippen LogP contribution in [-0.4, -0.2) is 59.2 Å². The van der Waals surface area contributed by atoms with Crippen LogP contribution < -0.4 is 14.4 Å². The quantitative estimate of drug-likeness (QED) is 0.563. The highest BCUT2D eigenvalue weighted by molar-refractivity contribution is 7.89. The molecule has 1 aliphatic heterocycles. The van der Waals surface area contributed by atoms with Crippen molar-refractivity contribution in [3.63, 3.8) is 0 Å². The van der Waals surface area contributed by atoms with Gasteiger partial charge >= 0.3 is 0 Å². The van der Waals surface area contributed by atoms with Gasteiger partial charge in [0.2, 0.25) is 10.0 Å². The Morgan fingerprint density at radius 3 is 2.52 bits per heavy atom. The molecule has 0 atom stereocenters. The molecule has 1 N–H and O–H groups in total. The van der Waals surface area contributed by atoms with Gasteiger partial charge in [-0.2, -0.15) is 0 Å². The van der Waals surface area contributed by atoms with Gasteiger partial charge in [0.05, 0.1) is 17.2 Å². The van der Waals surface area contributed by atoms with Gasteiger partial charge in [-0.3, -0.25) is 4.90 Å². The molecule has 1 fully saturated rings. The molecule has 0 amide bonds. The first-order valence-corrected chi connectivity index (χ1v) is 12.3. The second-order valence-corrected chi connectivity index (χ2v) is 9.57. The van der Waals surface area contributed by atoms with Crippen LogP contribution in [0.1, 0.15) is 25.3 Å². The van der Waals surface area contributed by atoms with Gasteiger partial charge < -0.3 is 9.64 Å². The van der Waals surface area contributed by atoms with Crippen LogP contribution in [-0.2, 0) is 10.0 Å². The lowest BCUT2D eigenvalue weighted by Gasteiger charge is -2.36. The number of nitrogens with zero attached hydrogens (tertiary/aromatic N) is 2. The second kappa shape index (κ2) is 10.9. The molecule has 0 aromatic heterocycles. The average molecular weight is 450 g/mol. The van der Waals surface area contributed by atoms with Crippen LogP contribution in [0.3, 0.4) is 0 Å². The summed E-state index contributed by atoms with van der Waals surface area (Å²) < 4.78 is 47.4. The Bertz CT molecular complexity index is 960. The van der Waals surface area contributed by atoms with Gasteiger partial charge in [0.15, 0.2) is 0 Å². The van der Waals surface area contributed by atoms with Crippen LogP contribution in [0.25, 0.3) is 0 Å². The molecular weight excluding hydrogens is 417 g/mol. The molecule has 2 aromatic carbocycles. The van der Waals surface area contributed by atoms with Crippen LogP contribution in [0.5, 0.6) is 5.75 Å². The van der Waals surface area contributed by atoms with E-state index in [9.17, 15) is 12.8 Å². The van der Waals surface area contributed by atoms with E-state index in [4.69, 9.17) is 4.74 Å². The summed E-state index contributed by atoms with van der Waals surface area (Å²) in [4.78, 5) is 4.60. The Kier molecular flexibility index (Phi) is 8.28. The number of halogens is 1. The number of benzene rings is 2. The van der Waals surface area contributed by atoms with Crippen LogP contribution in [0.15, 0.2) is 47.4 Å². The molecule has 1 aliphatic rings. The summed E-state index contributed by atoms with van der Waals surface area (Å²) in [6.45, 7) is 8.86. The van der Waals surface area contributed by atoms with E-state index in [-0.39, 0.29) is 10.7 Å². The van der Waals surface area contributed by atoms with E-state index in [1.165, 1.54) is 6.07 Å². The molecule has 3 rings (SSSR count). The standard InChI is InChI=1S/C23H32FN3O3S/c1-3-17-30-23-10-9-20(18-19(23)2)31(28,29)25-11-6-12-26-13-15-27(16-14-26)22-8-5-4-7-21(22)24/h4-5,7-10,18,25H,3,6,11-17H2,1-2H3. The summed E-state index contributed by atoms with van der Waals surface area (Å²) in [6.07, 6.45) is 1.62. The molecular formula is C23H32FN3O3S. The average Bonchev–Trinajstić information content (AvgIpc) is 2.77. The van der Waals surface area contributed by atoms with Crippen molar-refractivity contribution in [2.45, 2.75) is 31.6 Å². The fraction of sp³-hybridized carbons (Fsp3) is 0.478. The van der Waals surface area contributed by atoms with Crippen molar-refractivity contribution in [2.75, 3.05) is 50.8 Å². The molecule has 6 nitrogen and oxygen atoms in total. The Labute approximate surface area is 185 Å². The zero-order valence-electron chi connectivity index (χ0n) is 18.3. The molecule has 1 saturated heterocycles. The Hall–Kier alpha value is -2.16. The lowest BCUT2D eigenvalue weighted by Crippen LogP contribution is -2.47. The Morgan fingerprint density at radius 2 is 1.84 bits per heavy atom. The van der Waals surface area contributed by atoms with E-state index in [0.29, 0.717) is 18.8 Å². The predicted octanol–water partition coefficient (Wildman–Crippen LogP) is 3.41. The number of sulfonamides is 1. The van der Waals surface area contributed by atoms with Crippen molar-refractivity contribution >= 4 is 15.7 Å². The molecule has 31 heavy (non-hydrogen) atoms. The van der Waals surface area contributed by atoms with Gasteiger partial charge in [0.1, 0.15) is 11.6 Å². The molecule has 0 saturated carbocycles. The van der Waals surface area contributed by atoms with Crippen molar-refractivity contribution in [2.24, 2.45) is 0 Å². The first-order valence-electron chi connectivity index (χ1n) is 10.9. The number of para-hydroxylation sites is 1. The van der Waals surface area contributed by atoms with Gasteiger partial charge in [0.25, 0.3) is 0 Å². The molecule has 170 valence electrons. The summed E-state index contributed by atoms with van der Waals surface area (Å²) in [7, 11) is -3.55. The fourth-order valence-corrected chi connectivity index (χ4v) is 4.83. The molecule has 2 aromatic rings. The minimum absolute atomic E-state index is 0.189. The van der Waals surface area contributed by atoms with E-state index in [2.05, 4.69) is 14.5 Å². The van der Waals surface area contributed by atoms with Gasteiger partial charge in [0, 0.05) is 32.7 Å². The van der Waals surface area contributed by atoms with Crippen molar-refractivity contribution in [1.29, 1.82) is 0 Å². The number of hydrogen-bond donors (Lipinski definition) is 1. The predicted molar refractivity (Wildman–Crippen MR) is 122 cm³/mol. The number of ether oxygens (including phenoxy) is 1. The maximum atomic E-state index is 13.9. The van der Waals surface area contributed by atoms with Crippen LogP contribution in [0.2, 0.25) is 0 Å². The molecule has 0 aliphatic carbocycles. The smallest absolute Gasteiger partial charge is 0.240 e. The van der Waals surface area contributed by atoms with Crippen molar-refractivity contribution < 1.29 is 17.5 Å². The molecule has 0 bridgehead atoms. The van der Waals surface area contributed by atoms with E-state index >= 15 is 0 Å². The number of aryl methyl sites for hydroxylation is 1. The molecule has 0 radical (unpaired) electrons. The van der Waals surface area contributed by atoms with Gasteiger partial charge in [-0.25, -0.2) is 17.5 Å². The number of nitrogens with one attached hydrogen (secondary N) is 1. The number of anilines is 1. The molecule has 0 spiro atoms. The first kappa shape index (κ1) is 23.5. The maximum Gasteiger partial charge on any atom is 0.240 e. The minimum Gasteiger partial charge on any atom is -0.493 e. The third-order valence-corrected chi connectivity index (χ3v) is 6.89. The van der Waals surface area contributed by atoms with E-state index < -0.39 is 10.0 Å². The Morgan fingerprint density at radius 1 is 1.10 bits per heavy atom. The number of rotatable bonds is 10. The maximum absolute atomic E-state index is 13.9. The van der Waals surface area contributed by atoms with Crippen LogP contribution in [0.4, 0.5) is 10.1 Å². The van der Waals surface area contributed by atoms with E-state index in [1.54, 1.807) is 24.3 Å². The normalized spacial score (nSPS) is 15.3. The third kappa shape index (κ3) is 6.41. The number of piperazine rings is 1. The number of hydrogen-bond acceptors (Lipinski definition) is 5. The SMILES string of the molecule is CCCOc1ccc(S(=O)(=O)NCCCN2CCN(c3ccccc3F)CC2)cc1C.